The van der Waals surface area contributed by atoms with Crippen molar-refractivity contribution in [1.82, 2.24) is 15.5 Å². The van der Waals surface area contributed by atoms with Gasteiger partial charge in [0, 0.05) is 11.4 Å². The normalized spacial score (nSPS) is 13.7. The maximum absolute atomic E-state index is 12.4. The monoisotopic (exact) mass is 341 g/mol. The predicted octanol–water partition coefficient (Wildman–Crippen LogP) is 2.24. The molecule has 1 heterocycles. The Morgan fingerprint density at radius 2 is 2.04 bits per heavy atom. The number of alkyl carbamates (subject to hydrolysis) is 1. The standard InChI is InChI=1S/C16H27N3O3S/c1-6-22-16(21)18-14(11(2)3)15(20)17-10-12(19(4)5)13-8-7-9-23-13/h7-9,11-12,14H,6,10H2,1-5H3,(H,17,20)(H,18,21). The zero-order chi connectivity index (χ0) is 17.4. The largest absolute Gasteiger partial charge is 0.450 e. The smallest absolute Gasteiger partial charge is 0.407 e. The molecule has 2 N–H and O–H groups in total. The van der Waals surface area contributed by atoms with Gasteiger partial charge in [0.1, 0.15) is 6.04 Å². The van der Waals surface area contributed by atoms with Gasteiger partial charge in [0.15, 0.2) is 0 Å². The number of ether oxygens (including phenoxy) is 1. The van der Waals surface area contributed by atoms with Crippen LogP contribution in [0.3, 0.4) is 0 Å². The van der Waals surface area contributed by atoms with Gasteiger partial charge >= 0.3 is 6.09 Å². The minimum atomic E-state index is -0.611. The molecule has 130 valence electrons. The maximum Gasteiger partial charge on any atom is 0.407 e. The maximum atomic E-state index is 12.4. The van der Waals surface area contributed by atoms with E-state index in [-0.39, 0.29) is 24.5 Å². The fourth-order valence-electron chi connectivity index (χ4n) is 2.16. The molecule has 0 aliphatic heterocycles. The van der Waals surface area contributed by atoms with Crippen molar-refractivity contribution in [3.63, 3.8) is 0 Å². The first-order valence-electron chi connectivity index (χ1n) is 7.77. The highest BCUT2D eigenvalue weighted by atomic mass is 32.1. The summed E-state index contributed by atoms with van der Waals surface area (Å²) in [7, 11) is 3.96. The van der Waals surface area contributed by atoms with E-state index in [0.717, 1.165) is 0 Å². The van der Waals surface area contributed by atoms with Gasteiger partial charge in [-0.25, -0.2) is 4.79 Å². The Morgan fingerprint density at radius 3 is 2.52 bits per heavy atom. The molecule has 0 spiro atoms. The summed E-state index contributed by atoms with van der Waals surface area (Å²) in [6, 6.07) is 3.55. The van der Waals surface area contributed by atoms with E-state index in [1.165, 1.54) is 4.88 Å². The van der Waals surface area contributed by atoms with Crippen LogP contribution >= 0.6 is 11.3 Å². The minimum Gasteiger partial charge on any atom is -0.450 e. The van der Waals surface area contributed by atoms with Crippen LogP contribution < -0.4 is 10.6 Å². The average molecular weight is 341 g/mol. The molecule has 0 saturated heterocycles. The zero-order valence-electron chi connectivity index (χ0n) is 14.5. The van der Waals surface area contributed by atoms with Gasteiger partial charge in [0.05, 0.1) is 12.6 Å². The molecule has 0 fully saturated rings. The third kappa shape index (κ3) is 6.19. The van der Waals surface area contributed by atoms with Crippen molar-refractivity contribution in [3.05, 3.63) is 22.4 Å². The highest BCUT2D eigenvalue weighted by Gasteiger charge is 2.26. The van der Waals surface area contributed by atoms with Crippen LogP contribution in [0.15, 0.2) is 17.5 Å². The second-order valence-electron chi connectivity index (χ2n) is 5.83. The summed E-state index contributed by atoms with van der Waals surface area (Å²) in [6.45, 7) is 6.27. The molecule has 0 bridgehead atoms. The Morgan fingerprint density at radius 1 is 1.35 bits per heavy atom. The predicted molar refractivity (Wildman–Crippen MR) is 92.5 cm³/mol. The van der Waals surface area contributed by atoms with Crippen LogP contribution in [0.1, 0.15) is 31.7 Å². The van der Waals surface area contributed by atoms with Crippen molar-refractivity contribution in [1.29, 1.82) is 0 Å². The van der Waals surface area contributed by atoms with Gasteiger partial charge in [-0.1, -0.05) is 19.9 Å². The highest BCUT2D eigenvalue weighted by molar-refractivity contribution is 7.10. The number of likely N-dealkylation sites (N-methyl/N-ethyl adjacent to an activating group) is 1. The SMILES string of the molecule is CCOC(=O)NC(C(=O)NCC(c1cccs1)N(C)C)C(C)C. The van der Waals surface area contributed by atoms with Crippen molar-refractivity contribution in [2.75, 3.05) is 27.2 Å². The van der Waals surface area contributed by atoms with Crippen LogP contribution in [0.25, 0.3) is 0 Å². The average Bonchev–Trinajstić information content (AvgIpc) is 2.98. The van der Waals surface area contributed by atoms with Crippen LogP contribution in [-0.2, 0) is 9.53 Å². The second-order valence-corrected chi connectivity index (χ2v) is 6.81. The third-order valence-electron chi connectivity index (χ3n) is 3.46. The van der Waals surface area contributed by atoms with Crippen molar-refractivity contribution in [2.24, 2.45) is 5.92 Å². The van der Waals surface area contributed by atoms with Crippen molar-refractivity contribution < 1.29 is 14.3 Å². The van der Waals surface area contributed by atoms with Crippen LogP contribution in [0.5, 0.6) is 0 Å². The molecule has 1 aromatic rings. The number of amides is 2. The number of carbonyl (C=O) groups is 2. The van der Waals surface area contributed by atoms with Gasteiger partial charge in [-0.2, -0.15) is 0 Å². The lowest BCUT2D eigenvalue weighted by atomic mass is 10.0. The van der Waals surface area contributed by atoms with Crippen LogP contribution in [0, 0.1) is 5.92 Å². The van der Waals surface area contributed by atoms with Gasteiger partial charge in [-0.3, -0.25) is 4.79 Å². The summed E-state index contributed by atoms with van der Waals surface area (Å²) < 4.78 is 4.86. The highest BCUT2D eigenvalue weighted by Crippen LogP contribution is 2.22. The molecule has 7 heteroatoms. The van der Waals surface area contributed by atoms with Crippen molar-refractivity contribution >= 4 is 23.3 Å². The summed E-state index contributed by atoms with van der Waals surface area (Å²) in [5.41, 5.74) is 0. The van der Waals surface area contributed by atoms with E-state index in [1.807, 2.05) is 39.4 Å². The molecule has 1 rings (SSSR count). The van der Waals surface area contributed by atoms with Gasteiger partial charge in [0.25, 0.3) is 0 Å². The number of nitrogens with one attached hydrogen (secondary N) is 2. The van der Waals surface area contributed by atoms with E-state index in [1.54, 1.807) is 18.3 Å². The van der Waals surface area contributed by atoms with E-state index in [2.05, 4.69) is 21.6 Å². The zero-order valence-corrected chi connectivity index (χ0v) is 15.3. The molecule has 1 aromatic heterocycles. The number of rotatable bonds is 8. The molecule has 2 atom stereocenters. The molecule has 6 nitrogen and oxygen atoms in total. The van der Waals surface area contributed by atoms with E-state index in [0.29, 0.717) is 6.54 Å². The fourth-order valence-corrected chi connectivity index (χ4v) is 3.08. The van der Waals surface area contributed by atoms with E-state index < -0.39 is 12.1 Å². The Kier molecular flexibility index (Phi) is 8.05. The Labute approximate surface area is 142 Å². The van der Waals surface area contributed by atoms with Crippen LogP contribution in [0.4, 0.5) is 4.79 Å². The molecule has 2 amide bonds. The number of hydrogen-bond acceptors (Lipinski definition) is 5. The van der Waals surface area contributed by atoms with Gasteiger partial charge in [0.2, 0.25) is 5.91 Å². The lowest BCUT2D eigenvalue weighted by Crippen LogP contribution is -2.51. The van der Waals surface area contributed by atoms with Gasteiger partial charge in [-0.15, -0.1) is 11.3 Å². The van der Waals surface area contributed by atoms with Gasteiger partial charge in [-0.05, 0) is 38.4 Å². The summed E-state index contributed by atoms with van der Waals surface area (Å²) in [4.78, 5) is 27.3. The number of thiophene rings is 1. The van der Waals surface area contributed by atoms with E-state index in [4.69, 9.17) is 4.74 Å². The summed E-state index contributed by atoms with van der Waals surface area (Å²) in [6.07, 6.45) is -0.566. The molecule has 0 radical (unpaired) electrons. The van der Waals surface area contributed by atoms with Gasteiger partial charge < -0.3 is 20.3 Å². The Bertz CT molecular complexity index is 489. The molecular formula is C16H27N3O3S. The number of hydrogen-bond donors (Lipinski definition) is 2. The van der Waals surface area contributed by atoms with E-state index in [9.17, 15) is 9.59 Å². The second kappa shape index (κ2) is 9.52. The lowest BCUT2D eigenvalue weighted by molar-refractivity contribution is -0.124. The molecule has 2 unspecified atom stereocenters. The quantitative estimate of drug-likeness (QED) is 0.761. The molecule has 0 saturated carbocycles. The van der Waals surface area contributed by atoms with Crippen molar-refractivity contribution in [2.45, 2.75) is 32.9 Å². The van der Waals surface area contributed by atoms with E-state index >= 15 is 0 Å². The summed E-state index contributed by atoms with van der Waals surface area (Å²) in [5.74, 6) is -0.226. The topological polar surface area (TPSA) is 70.7 Å². The Balaban J connectivity index is 2.65. The number of nitrogens with zero attached hydrogens (tertiary/aromatic N) is 1. The number of carbonyl (C=O) groups excluding carboxylic acids is 2. The molecule has 23 heavy (non-hydrogen) atoms. The fraction of sp³-hybridized carbons (Fsp3) is 0.625. The molecule has 0 aliphatic rings. The molecule has 0 aromatic carbocycles. The Hall–Kier alpha value is -1.60. The molecular weight excluding hydrogens is 314 g/mol. The van der Waals surface area contributed by atoms with Crippen LogP contribution in [0.2, 0.25) is 0 Å². The first-order chi connectivity index (χ1) is 10.9. The van der Waals surface area contributed by atoms with Crippen molar-refractivity contribution in [3.8, 4) is 0 Å². The minimum absolute atomic E-state index is 0.0287. The third-order valence-corrected chi connectivity index (χ3v) is 4.44. The first kappa shape index (κ1) is 19.4. The van der Waals surface area contributed by atoms with Crippen LogP contribution in [-0.4, -0.2) is 50.2 Å². The summed E-state index contributed by atoms with van der Waals surface area (Å²) >= 11 is 1.66. The lowest BCUT2D eigenvalue weighted by Gasteiger charge is -2.26. The summed E-state index contributed by atoms with van der Waals surface area (Å²) in [5, 5.41) is 7.58. The first-order valence-corrected chi connectivity index (χ1v) is 8.65. The molecule has 0 aliphatic carbocycles.